The van der Waals surface area contributed by atoms with E-state index in [0.29, 0.717) is 0 Å². The molecule has 0 aromatic heterocycles. The SMILES string of the molecule is CCC(NC)C(=O)OC1CCCCC1. The van der Waals surface area contributed by atoms with Gasteiger partial charge in [0.05, 0.1) is 0 Å². The van der Waals surface area contributed by atoms with Gasteiger partial charge in [0.2, 0.25) is 0 Å². The Labute approximate surface area is 86.2 Å². The summed E-state index contributed by atoms with van der Waals surface area (Å²) in [5, 5.41) is 2.97. The number of carbonyl (C=O) groups excluding carboxylic acids is 1. The highest BCUT2D eigenvalue weighted by molar-refractivity contribution is 5.75. The Morgan fingerprint density at radius 3 is 2.57 bits per heavy atom. The molecule has 82 valence electrons. The van der Waals surface area contributed by atoms with Gasteiger partial charge in [-0.25, -0.2) is 0 Å². The molecule has 1 rings (SSSR count). The van der Waals surface area contributed by atoms with Gasteiger partial charge in [-0.1, -0.05) is 13.3 Å². The molecule has 0 spiro atoms. The van der Waals surface area contributed by atoms with E-state index in [2.05, 4.69) is 5.32 Å². The third-order valence-electron chi connectivity index (χ3n) is 2.88. The molecule has 0 saturated heterocycles. The fourth-order valence-electron chi connectivity index (χ4n) is 1.92. The monoisotopic (exact) mass is 199 g/mol. The highest BCUT2D eigenvalue weighted by atomic mass is 16.5. The number of rotatable bonds is 4. The van der Waals surface area contributed by atoms with Gasteiger partial charge in [-0.3, -0.25) is 4.79 Å². The van der Waals surface area contributed by atoms with E-state index >= 15 is 0 Å². The van der Waals surface area contributed by atoms with Gasteiger partial charge in [-0.2, -0.15) is 0 Å². The maximum absolute atomic E-state index is 11.6. The molecule has 0 bridgehead atoms. The summed E-state index contributed by atoms with van der Waals surface area (Å²) in [7, 11) is 1.80. The average Bonchev–Trinajstić information content (AvgIpc) is 2.21. The molecule has 1 fully saturated rings. The second kappa shape index (κ2) is 6.02. The summed E-state index contributed by atoms with van der Waals surface area (Å²) in [4.78, 5) is 11.6. The lowest BCUT2D eigenvalue weighted by molar-refractivity contribution is -0.153. The van der Waals surface area contributed by atoms with Crippen molar-refractivity contribution in [3.63, 3.8) is 0 Å². The first-order chi connectivity index (χ1) is 6.77. The number of hydrogen-bond donors (Lipinski definition) is 1. The Balaban J connectivity index is 2.30. The van der Waals surface area contributed by atoms with Crippen molar-refractivity contribution in [3.05, 3.63) is 0 Å². The maximum Gasteiger partial charge on any atom is 0.323 e. The van der Waals surface area contributed by atoms with Crippen LogP contribution in [0.1, 0.15) is 45.4 Å². The van der Waals surface area contributed by atoms with Gasteiger partial charge >= 0.3 is 5.97 Å². The quantitative estimate of drug-likeness (QED) is 0.702. The fraction of sp³-hybridized carbons (Fsp3) is 0.909. The molecule has 1 aliphatic carbocycles. The Morgan fingerprint density at radius 2 is 2.07 bits per heavy atom. The molecule has 0 aliphatic heterocycles. The summed E-state index contributed by atoms with van der Waals surface area (Å²) in [6.45, 7) is 1.99. The van der Waals surface area contributed by atoms with Crippen molar-refractivity contribution >= 4 is 5.97 Å². The van der Waals surface area contributed by atoms with Gasteiger partial charge in [0.15, 0.2) is 0 Å². The van der Waals surface area contributed by atoms with Crippen LogP contribution in [0.2, 0.25) is 0 Å². The lowest BCUT2D eigenvalue weighted by Crippen LogP contribution is -2.37. The molecule has 1 atom stereocenters. The minimum absolute atomic E-state index is 0.0816. The van der Waals surface area contributed by atoms with Crippen LogP contribution in [-0.2, 0) is 9.53 Å². The summed E-state index contributed by atoms with van der Waals surface area (Å²) in [5.74, 6) is -0.0816. The van der Waals surface area contributed by atoms with Crippen LogP contribution in [0.5, 0.6) is 0 Å². The van der Waals surface area contributed by atoms with E-state index in [-0.39, 0.29) is 18.1 Å². The van der Waals surface area contributed by atoms with Crippen molar-refractivity contribution < 1.29 is 9.53 Å². The predicted octanol–water partition coefficient (Wildman–Crippen LogP) is 1.86. The fourth-order valence-corrected chi connectivity index (χ4v) is 1.92. The van der Waals surface area contributed by atoms with Crippen LogP contribution in [-0.4, -0.2) is 25.2 Å². The van der Waals surface area contributed by atoms with Gasteiger partial charge in [0.1, 0.15) is 12.1 Å². The van der Waals surface area contributed by atoms with Crippen molar-refractivity contribution in [2.45, 2.75) is 57.6 Å². The zero-order chi connectivity index (χ0) is 10.4. The van der Waals surface area contributed by atoms with Crippen LogP contribution < -0.4 is 5.32 Å². The van der Waals surface area contributed by atoms with Crippen molar-refractivity contribution in [2.75, 3.05) is 7.05 Å². The first-order valence-electron chi connectivity index (χ1n) is 5.65. The van der Waals surface area contributed by atoms with E-state index < -0.39 is 0 Å². The molecule has 0 amide bonds. The molecule has 0 heterocycles. The Bertz CT molecular complexity index is 172. The molecular weight excluding hydrogens is 178 g/mol. The molecule has 1 saturated carbocycles. The molecule has 0 aromatic carbocycles. The largest absolute Gasteiger partial charge is 0.461 e. The highest BCUT2D eigenvalue weighted by Crippen LogP contribution is 2.20. The van der Waals surface area contributed by atoms with Crippen LogP contribution in [0.15, 0.2) is 0 Å². The van der Waals surface area contributed by atoms with Gasteiger partial charge in [-0.05, 0) is 39.2 Å². The smallest absolute Gasteiger partial charge is 0.323 e. The number of likely N-dealkylation sites (N-methyl/N-ethyl adjacent to an activating group) is 1. The summed E-state index contributed by atoms with van der Waals surface area (Å²) in [6, 6.07) is -0.128. The molecule has 0 aromatic rings. The highest BCUT2D eigenvalue weighted by Gasteiger charge is 2.21. The van der Waals surface area contributed by atoms with Crippen molar-refractivity contribution in [2.24, 2.45) is 0 Å². The van der Waals surface area contributed by atoms with Crippen LogP contribution in [0.25, 0.3) is 0 Å². The Morgan fingerprint density at radius 1 is 1.43 bits per heavy atom. The number of ether oxygens (including phenoxy) is 1. The molecule has 1 unspecified atom stereocenters. The third kappa shape index (κ3) is 3.29. The summed E-state index contributed by atoms with van der Waals surface area (Å²) in [6.07, 6.45) is 6.76. The van der Waals surface area contributed by atoms with E-state index in [9.17, 15) is 4.79 Å². The van der Waals surface area contributed by atoms with Crippen molar-refractivity contribution in [1.82, 2.24) is 5.32 Å². The Kier molecular flexibility index (Phi) is 4.94. The molecular formula is C11H21NO2. The number of esters is 1. The first kappa shape index (κ1) is 11.5. The van der Waals surface area contributed by atoms with Gasteiger partial charge in [0.25, 0.3) is 0 Å². The first-order valence-corrected chi connectivity index (χ1v) is 5.65. The normalized spacial score (nSPS) is 20.4. The summed E-state index contributed by atoms with van der Waals surface area (Å²) in [5.41, 5.74) is 0. The Hall–Kier alpha value is -0.570. The second-order valence-corrected chi connectivity index (χ2v) is 3.95. The third-order valence-corrected chi connectivity index (χ3v) is 2.88. The molecule has 1 aliphatic rings. The molecule has 3 heteroatoms. The summed E-state index contributed by atoms with van der Waals surface area (Å²) >= 11 is 0. The lowest BCUT2D eigenvalue weighted by Gasteiger charge is -2.24. The van der Waals surface area contributed by atoms with Crippen LogP contribution in [0.4, 0.5) is 0 Å². The standard InChI is InChI=1S/C11H21NO2/c1-3-10(12-2)11(13)14-9-7-5-4-6-8-9/h9-10,12H,3-8H2,1-2H3. The second-order valence-electron chi connectivity index (χ2n) is 3.95. The number of carbonyl (C=O) groups is 1. The zero-order valence-electron chi connectivity index (χ0n) is 9.21. The van der Waals surface area contributed by atoms with Crippen molar-refractivity contribution in [3.8, 4) is 0 Å². The number of hydrogen-bond acceptors (Lipinski definition) is 3. The summed E-state index contributed by atoms with van der Waals surface area (Å²) < 4.78 is 5.43. The van der Waals surface area contributed by atoms with Crippen LogP contribution in [0, 0.1) is 0 Å². The maximum atomic E-state index is 11.6. The van der Waals surface area contributed by atoms with Gasteiger partial charge in [-0.15, -0.1) is 0 Å². The van der Waals surface area contributed by atoms with Gasteiger partial charge < -0.3 is 10.1 Å². The minimum atomic E-state index is -0.128. The topological polar surface area (TPSA) is 38.3 Å². The molecule has 3 nitrogen and oxygen atoms in total. The predicted molar refractivity (Wildman–Crippen MR) is 56.1 cm³/mol. The van der Waals surface area contributed by atoms with E-state index in [1.54, 1.807) is 7.05 Å². The average molecular weight is 199 g/mol. The molecule has 14 heavy (non-hydrogen) atoms. The van der Waals surface area contributed by atoms with E-state index in [4.69, 9.17) is 4.74 Å². The number of nitrogens with one attached hydrogen (secondary N) is 1. The lowest BCUT2D eigenvalue weighted by atomic mass is 9.98. The van der Waals surface area contributed by atoms with Crippen molar-refractivity contribution in [1.29, 1.82) is 0 Å². The van der Waals surface area contributed by atoms with E-state index in [0.717, 1.165) is 19.3 Å². The zero-order valence-corrected chi connectivity index (χ0v) is 9.21. The van der Waals surface area contributed by atoms with E-state index in [1.807, 2.05) is 6.92 Å². The molecule has 0 radical (unpaired) electrons. The molecule has 1 N–H and O–H groups in total. The van der Waals surface area contributed by atoms with Gasteiger partial charge in [0, 0.05) is 0 Å². The van der Waals surface area contributed by atoms with Crippen LogP contribution in [0.3, 0.4) is 0 Å². The van der Waals surface area contributed by atoms with Crippen LogP contribution >= 0.6 is 0 Å². The van der Waals surface area contributed by atoms with E-state index in [1.165, 1.54) is 19.3 Å². The minimum Gasteiger partial charge on any atom is -0.461 e.